The number of rotatable bonds is 5. The molecular formula is C21H19N3O3. The number of carbonyl (C=O) groups excluding carboxylic acids is 1. The van der Waals surface area contributed by atoms with Crippen LogP contribution in [-0.4, -0.2) is 24.2 Å². The van der Waals surface area contributed by atoms with Crippen molar-refractivity contribution in [1.29, 1.82) is 0 Å². The van der Waals surface area contributed by atoms with Gasteiger partial charge in [-0.3, -0.25) is 9.59 Å². The van der Waals surface area contributed by atoms with Crippen molar-refractivity contribution in [2.45, 2.75) is 6.92 Å². The second-order valence-electron chi connectivity index (χ2n) is 5.99. The molecule has 3 rings (SSSR count). The maximum atomic E-state index is 12.1. The molecule has 0 unspecified atom stereocenters. The molecule has 6 nitrogen and oxygen atoms in total. The van der Waals surface area contributed by atoms with Gasteiger partial charge in [0.2, 0.25) is 0 Å². The number of benzene rings is 2. The molecule has 0 spiro atoms. The summed E-state index contributed by atoms with van der Waals surface area (Å²) >= 11 is 0. The number of methoxy groups -OCH3 is 1. The van der Waals surface area contributed by atoms with E-state index in [2.05, 4.69) is 15.5 Å². The molecule has 27 heavy (non-hydrogen) atoms. The van der Waals surface area contributed by atoms with E-state index in [-0.39, 0.29) is 11.5 Å². The molecule has 0 radical (unpaired) electrons. The van der Waals surface area contributed by atoms with E-state index in [9.17, 15) is 9.59 Å². The number of amides is 1. The van der Waals surface area contributed by atoms with Crippen LogP contribution in [0.2, 0.25) is 0 Å². The minimum atomic E-state index is -0.384. The van der Waals surface area contributed by atoms with Crippen LogP contribution in [0.3, 0.4) is 0 Å². The molecule has 2 N–H and O–H groups in total. The largest absolute Gasteiger partial charge is 0.497 e. The number of nitrogens with one attached hydrogen (secondary N) is 2. The second kappa shape index (κ2) is 8.14. The summed E-state index contributed by atoms with van der Waals surface area (Å²) in [7, 11) is 1.58. The molecule has 0 saturated heterocycles. The Morgan fingerprint density at radius 2 is 1.93 bits per heavy atom. The number of aryl methyl sites for hydroxylation is 1. The Balaban J connectivity index is 1.69. The van der Waals surface area contributed by atoms with Gasteiger partial charge in [-0.05, 0) is 42.8 Å². The number of ether oxygens (including phenoxy) is 1. The molecule has 0 bridgehead atoms. The molecule has 1 amide bonds. The number of carbonyl (C=O) groups is 1. The summed E-state index contributed by atoms with van der Waals surface area (Å²) in [6, 6.07) is 14.8. The van der Waals surface area contributed by atoms with Gasteiger partial charge in [-0.2, -0.15) is 5.10 Å². The van der Waals surface area contributed by atoms with Gasteiger partial charge in [-0.1, -0.05) is 29.8 Å². The van der Waals surface area contributed by atoms with Crippen molar-refractivity contribution in [3.63, 3.8) is 0 Å². The smallest absolute Gasteiger partial charge is 0.264 e. The Hall–Kier alpha value is -3.67. The normalized spacial score (nSPS) is 11.3. The highest BCUT2D eigenvalue weighted by Gasteiger charge is 2.02. The highest BCUT2D eigenvalue weighted by atomic mass is 16.5. The van der Waals surface area contributed by atoms with Crippen molar-refractivity contribution in [1.82, 2.24) is 10.4 Å². The van der Waals surface area contributed by atoms with E-state index >= 15 is 0 Å². The van der Waals surface area contributed by atoms with E-state index in [0.717, 1.165) is 16.5 Å². The first kappa shape index (κ1) is 18.1. The quantitative estimate of drug-likeness (QED) is 0.416. The van der Waals surface area contributed by atoms with Crippen molar-refractivity contribution >= 4 is 29.1 Å². The van der Waals surface area contributed by atoms with E-state index in [0.29, 0.717) is 16.8 Å². The monoisotopic (exact) mass is 361 g/mol. The maximum absolute atomic E-state index is 12.1. The summed E-state index contributed by atoms with van der Waals surface area (Å²) in [5, 5.41) is 4.66. The standard InChI is InChI=1S/C21H19N3O3/c1-14-3-5-15(6-4-14)7-10-20(25)24-22-13-17-11-16-12-18(27-2)8-9-19(16)23-21(17)26/h3-13H,1-2H3,(H,23,26)(H,24,25)/b10-7+,22-13-. The third kappa shape index (κ3) is 4.70. The van der Waals surface area contributed by atoms with Crippen molar-refractivity contribution in [3.05, 3.63) is 81.7 Å². The van der Waals surface area contributed by atoms with Crippen LogP contribution >= 0.6 is 0 Å². The summed E-state index contributed by atoms with van der Waals surface area (Å²) < 4.78 is 5.18. The van der Waals surface area contributed by atoms with E-state index < -0.39 is 0 Å². The summed E-state index contributed by atoms with van der Waals surface area (Å²) in [6.07, 6.45) is 4.40. The summed E-state index contributed by atoms with van der Waals surface area (Å²) in [6.45, 7) is 2.00. The second-order valence-corrected chi connectivity index (χ2v) is 5.99. The molecule has 2 aromatic carbocycles. The number of hydrogen-bond donors (Lipinski definition) is 2. The number of hydrazone groups is 1. The summed E-state index contributed by atoms with van der Waals surface area (Å²) in [4.78, 5) is 26.7. The third-order valence-electron chi connectivity index (χ3n) is 3.96. The van der Waals surface area contributed by atoms with Crippen molar-refractivity contribution in [2.75, 3.05) is 7.11 Å². The molecule has 0 fully saturated rings. The van der Waals surface area contributed by atoms with Gasteiger partial charge in [0.25, 0.3) is 11.5 Å². The Kier molecular flexibility index (Phi) is 5.47. The molecular weight excluding hydrogens is 342 g/mol. The van der Waals surface area contributed by atoms with Gasteiger partial charge in [0.05, 0.1) is 18.9 Å². The first-order valence-corrected chi connectivity index (χ1v) is 8.34. The van der Waals surface area contributed by atoms with Gasteiger partial charge >= 0.3 is 0 Å². The Bertz CT molecular complexity index is 1080. The van der Waals surface area contributed by atoms with Gasteiger partial charge in [-0.15, -0.1) is 0 Å². The number of nitrogens with zero attached hydrogens (tertiary/aromatic N) is 1. The lowest BCUT2D eigenvalue weighted by atomic mass is 10.1. The number of aromatic amines is 1. The van der Waals surface area contributed by atoms with Crippen LogP contribution in [0.25, 0.3) is 17.0 Å². The Labute approximate surface area is 156 Å². The van der Waals surface area contributed by atoms with Crippen LogP contribution in [0.5, 0.6) is 5.75 Å². The van der Waals surface area contributed by atoms with Crippen molar-refractivity contribution < 1.29 is 9.53 Å². The maximum Gasteiger partial charge on any atom is 0.264 e. The van der Waals surface area contributed by atoms with Gasteiger partial charge in [-0.25, -0.2) is 5.43 Å². The molecule has 136 valence electrons. The lowest BCUT2D eigenvalue weighted by Gasteiger charge is -2.03. The first-order chi connectivity index (χ1) is 13.0. The molecule has 0 saturated carbocycles. The molecule has 1 heterocycles. The van der Waals surface area contributed by atoms with Gasteiger partial charge in [0.15, 0.2) is 0 Å². The molecule has 0 aliphatic carbocycles. The fraction of sp³-hybridized carbons (Fsp3) is 0.0952. The SMILES string of the molecule is COc1ccc2[nH]c(=O)c(/C=N\NC(=O)/C=C/c3ccc(C)cc3)cc2c1. The Morgan fingerprint density at radius 1 is 1.15 bits per heavy atom. The highest BCUT2D eigenvalue weighted by Crippen LogP contribution is 2.18. The van der Waals surface area contributed by atoms with Crippen LogP contribution in [0, 0.1) is 6.92 Å². The zero-order valence-electron chi connectivity index (χ0n) is 15.0. The average Bonchev–Trinajstić information content (AvgIpc) is 2.67. The van der Waals surface area contributed by atoms with Gasteiger partial charge in [0.1, 0.15) is 5.75 Å². The van der Waals surface area contributed by atoms with E-state index in [4.69, 9.17) is 4.74 Å². The number of H-pyrrole nitrogens is 1. The minimum Gasteiger partial charge on any atom is -0.497 e. The van der Waals surface area contributed by atoms with Gasteiger partial charge < -0.3 is 9.72 Å². The minimum absolute atomic E-state index is 0.291. The summed E-state index contributed by atoms with van der Waals surface area (Å²) in [5.41, 5.74) is 5.18. The molecule has 0 aliphatic heterocycles. The van der Waals surface area contributed by atoms with Crippen LogP contribution < -0.4 is 15.7 Å². The van der Waals surface area contributed by atoms with Crippen LogP contribution in [0.4, 0.5) is 0 Å². The fourth-order valence-corrected chi connectivity index (χ4v) is 2.48. The third-order valence-corrected chi connectivity index (χ3v) is 3.96. The fourth-order valence-electron chi connectivity index (χ4n) is 2.48. The zero-order valence-corrected chi connectivity index (χ0v) is 15.0. The van der Waals surface area contributed by atoms with Crippen LogP contribution in [0.15, 0.2) is 64.5 Å². The van der Waals surface area contributed by atoms with E-state index in [1.807, 2.05) is 37.3 Å². The lowest BCUT2D eigenvalue weighted by Crippen LogP contribution is -2.17. The number of hydrogen-bond acceptors (Lipinski definition) is 4. The highest BCUT2D eigenvalue weighted by molar-refractivity contribution is 5.93. The number of pyridine rings is 1. The predicted octanol–water partition coefficient (Wildman–Crippen LogP) is 3.01. The molecule has 0 aliphatic rings. The topological polar surface area (TPSA) is 83.6 Å². The predicted molar refractivity (Wildman–Crippen MR) is 107 cm³/mol. The van der Waals surface area contributed by atoms with Crippen LogP contribution in [-0.2, 0) is 4.79 Å². The molecule has 3 aromatic rings. The molecule has 1 aromatic heterocycles. The zero-order chi connectivity index (χ0) is 19.2. The average molecular weight is 361 g/mol. The van der Waals surface area contributed by atoms with E-state index in [1.54, 1.807) is 31.4 Å². The van der Waals surface area contributed by atoms with Crippen molar-refractivity contribution in [2.24, 2.45) is 5.10 Å². The Morgan fingerprint density at radius 3 is 2.67 bits per heavy atom. The molecule has 0 atom stereocenters. The van der Waals surface area contributed by atoms with Crippen molar-refractivity contribution in [3.8, 4) is 5.75 Å². The summed E-state index contributed by atoms with van der Waals surface area (Å²) in [5.74, 6) is 0.303. The number of fused-ring (bicyclic) bond motifs is 1. The van der Waals surface area contributed by atoms with Crippen LogP contribution in [0.1, 0.15) is 16.7 Å². The first-order valence-electron chi connectivity index (χ1n) is 8.34. The molecule has 6 heteroatoms. The van der Waals surface area contributed by atoms with E-state index in [1.165, 1.54) is 12.3 Å². The number of aromatic nitrogens is 1. The van der Waals surface area contributed by atoms with Gasteiger partial charge in [0, 0.05) is 17.0 Å². The lowest BCUT2D eigenvalue weighted by molar-refractivity contribution is -0.116.